The summed E-state index contributed by atoms with van der Waals surface area (Å²) in [4.78, 5) is 4.63. The number of pyridine rings is 1. The topological polar surface area (TPSA) is 45.5 Å². The van der Waals surface area contributed by atoms with E-state index in [0.29, 0.717) is 24.5 Å². The van der Waals surface area contributed by atoms with Crippen molar-refractivity contribution in [3.8, 4) is 5.75 Å². The molecule has 4 aromatic rings. The van der Waals surface area contributed by atoms with Crippen LogP contribution in [0.5, 0.6) is 5.75 Å². The van der Waals surface area contributed by atoms with Crippen molar-refractivity contribution < 1.29 is 18.6 Å². The SMILES string of the molecule is Cc1c(C)n(Cc2cccc(F)c2)c2c(OC(Cc3ccccc3)C3=COCO3)ccnc12.Cl. The Kier molecular flexibility index (Phi) is 7.08. The predicted molar refractivity (Wildman–Crippen MR) is 132 cm³/mol. The van der Waals surface area contributed by atoms with E-state index in [9.17, 15) is 4.39 Å². The van der Waals surface area contributed by atoms with Crippen LogP contribution in [0.1, 0.15) is 22.4 Å². The molecule has 176 valence electrons. The number of fused-ring (bicyclic) bond motifs is 1. The van der Waals surface area contributed by atoms with Crippen LogP contribution in [0.3, 0.4) is 0 Å². The van der Waals surface area contributed by atoms with Gasteiger partial charge in [0.1, 0.15) is 23.3 Å². The van der Waals surface area contributed by atoms with Crippen molar-refractivity contribution in [2.45, 2.75) is 32.9 Å². The van der Waals surface area contributed by atoms with Crippen molar-refractivity contribution in [1.29, 1.82) is 0 Å². The van der Waals surface area contributed by atoms with Crippen LogP contribution in [0.4, 0.5) is 4.39 Å². The fourth-order valence-electron chi connectivity index (χ4n) is 4.23. The summed E-state index contributed by atoms with van der Waals surface area (Å²) in [5.41, 5.74) is 5.91. The molecule has 2 aromatic heterocycles. The van der Waals surface area contributed by atoms with Gasteiger partial charge >= 0.3 is 0 Å². The zero-order valence-corrected chi connectivity index (χ0v) is 19.8. The van der Waals surface area contributed by atoms with Crippen LogP contribution in [0.2, 0.25) is 0 Å². The summed E-state index contributed by atoms with van der Waals surface area (Å²) < 4.78 is 33.6. The van der Waals surface area contributed by atoms with Crippen molar-refractivity contribution in [2.24, 2.45) is 0 Å². The number of benzene rings is 2. The number of hydrogen-bond acceptors (Lipinski definition) is 4. The van der Waals surface area contributed by atoms with E-state index in [-0.39, 0.29) is 31.1 Å². The Morgan fingerprint density at radius 1 is 1.06 bits per heavy atom. The van der Waals surface area contributed by atoms with E-state index < -0.39 is 0 Å². The van der Waals surface area contributed by atoms with Crippen molar-refractivity contribution in [2.75, 3.05) is 6.79 Å². The van der Waals surface area contributed by atoms with Gasteiger partial charge in [-0.1, -0.05) is 42.5 Å². The van der Waals surface area contributed by atoms with Crippen molar-refractivity contribution in [3.63, 3.8) is 0 Å². The first-order valence-electron chi connectivity index (χ1n) is 10.9. The second kappa shape index (κ2) is 10.2. The Bertz CT molecular complexity index is 1320. The van der Waals surface area contributed by atoms with Gasteiger partial charge in [-0.25, -0.2) is 4.39 Å². The molecule has 0 amide bonds. The van der Waals surface area contributed by atoms with E-state index in [1.54, 1.807) is 24.6 Å². The normalized spacial score (nSPS) is 13.6. The third kappa shape index (κ3) is 4.73. The molecule has 7 heteroatoms. The molecule has 5 rings (SSSR count). The van der Waals surface area contributed by atoms with Gasteiger partial charge in [-0.3, -0.25) is 4.98 Å². The maximum absolute atomic E-state index is 13.8. The van der Waals surface area contributed by atoms with Gasteiger partial charge < -0.3 is 18.8 Å². The number of hydrogen-bond donors (Lipinski definition) is 0. The van der Waals surface area contributed by atoms with Crippen LogP contribution < -0.4 is 4.74 Å². The molecule has 0 N–H and O–H groups in total. The standard InChI is InChI=1S/C27H25FN2O3.ClH/c1-18-19(2)30(15-21-9-6-10-22(28)13-21)27-23(11-12-29-26(18)27)33-24(25-16-31-17-32-25)14-20-7-4-3-5-8-20;/h3-13,16,24H,14-15,17H2,1-2H3;1H. The molecule has 5 nitrogen and oxygen atoms in total. The van der Waals surface area contributed by atoms with Crippen molar-refractivity contribution >= 4 is 23.4 Å². The number of aryl methyl sites for hydroxylation is 1. The first kappa shape index (κ1) is 23.6. The quantitative estimate of drug-likeness (QED) is 0.320. The molecule has 0 bridgehead atoms. The second-order valence-corrected chi connectivity index (χ2v) is 8.18. The molecule has 3 heterocycles. The lowest BCUT2D eigenvalue weighted by atomic mass is 10.1. The summed E-state index contributed by atoms with van der Waals surface area (Å²) >= 11 is 0. The third-order valence-corrected chi connectivity index (χ3v) is 6.03. The van der Waals surface area contributed by atoms with Gasteiger partial charge in [0.2, 0.25) is 6.79 Å². The smallest absolute Gasteiger partial charge is 0.230 e. The van der Waals surface area contributed by atoms with E-state index in [1.165, 1.54) is 6.07 Å². The Hall–Kier alpha value is -3.51. The summed E-state index contributed by atoms with van der Waals surface area (Å²) in [6.45, 7) is 4.80. The van der Waals surface area contributed by atoms with Crippen molar-refractivity contribution in [1.82, 2.24) is 9.55 Å². The number of rotatable bonds is 7. The zero-order chi connectivity index (χ0) is 22.8. The molecule has 0 spiro atoms. The van der Waals surface area contributed by atoms with Crippen LogP contribution in [0.25, 0.3) is 11.0 Å². The second-order valence-electron chi connectivity index (χ2n) is 8.18. The van der Waals surface area contributed by atoms with Crippen LogP contribution in [-0.4, -0.2) is 22.4 Å². The fourth-order valence-corrected chi connectivity index (χ4v) is 4.23. The van der Waals surface area contributed by atoms with E-state index in [4.69, 9.17) is 14.2 Å². The Balaban J connectivity index is 0.00000274. The summed E-state index contributed by atoms with van der Waals surface area (Å²) in [7, 11) is 0. The molecule has 34 heavy (non-hydrogen) atoms. The highest BCUT2D eigenvalue weighted by Crippen LogP contribution is 2.33. The molecule has 1 aliphatic heterocycles. The molecule has 1 aliphatic rings. The van der Waals surface area contributed by atoms with Crippen LogP contribution in [0.15, 0.2) is 78.9 Å². The highest BCUT2D eigenvalue weighted by molar-refractivity contribution is 5.86. The summed E-state index contributed by atoms with van der Waals surface area (Å²) in [6, 6.07) is 18.7. The fraction of sp³-hybridized carbons (Fsp3) is 0.222. The molecule has 2 aromatic carbocycles. The average molecular weight is 481 g/mol. The highest BCUT2D eigenvalue weighted by atomic mass is 35.5. The molecule has 0 saturated heterocycles. The van der Waals surface area contributed by atoms with Crippen molar-refractivity contribution in [3.05, 3.63) is 107 Å². The number of halogens is 2. The Labute approximate surface area is 204 Å². The molecule has 0 fully saturated rings. The lowest BCUT2D eigenvalue weighted by Gasteiger charge is -2.20. The molecule has 0 saturated carbocycles. The molecule has 0 radical (unpaired) electrons. The Morgan fingerprint density at radius 3 is 2.59 bits per heavy atom. The summed E-state index contributed by atoms with van der Waals surface area (Å²) in [5.74, 6) is 1.10. The van der Waals surface area contributed by atoms with Crippen LogP contribution in [0, 0.1) is 19.7 Å². The molecule has 1 atom stereocenters. The zero-order valence-electron chi connectivity index (χ0n) is 19.0. The number of aromatic nitrogens is 2. The molecular formula is C27H26ClFN2O3. The van der Waals surface area contributed by atoms with Gasteiger partial charge in [0.15, 0.2) is 11.9 Å². The lowest BCUT2D eigenvalue weighted by Crippen LogP contribution is -2.23. The largest absolute Gasteiger partial charge is 0.480 e. The van der Waals surface area contributed by atoms with Gasteiger partial charge in [0, 0.05) is 30.9 Å². The first-order valence-corrected chi connectivity index (χ1v) is 10.9. The number of nitrogens with zero attached hydrogens (tertiary/aromatic N) is 2. The van der Waals surface area contributed by atoms with Gasteiger partial charge in [-0.2, -0.15) is 0 Å². The summed E-state index contributed by atoms with van der Waals surface area (Å²) in [5, 5.41) is 0. The minimum Gasteiger partial charge on any atom is -0.480 e. The van der Waals surface area contributed by atoms with Gasteiger partial charge in [0.25, 0.3) is 0 Å². The van der Waals surface area contributed by atoms with Crippen LogP contribution in [-0.2, 0) is 22.4 Å². The molecule has 0 aliphatic carbocycles. The molecule has 1 unspecified atom stereocenters. The Morgan fingerprint density at radius 2 is 1.85 bits per heavy atom. The van der Waals surface area contributed by atoms with E-state index >= 15 is 0 Å². The van der Waals surface area contributed by atoms with Gasteiger partial charge in [0.05, 0.1) is 5.52 Å². The monoisotopic (exact) mass is 480 g/mol. The van der Waals surface area contributed by atoms with Crippen LogP contribution >= 0.6 is 12.4 Å². The number of ether oxygens (including phenoxy) is 3. The third-order valence-electron chi connectivity index (χ3n) is 6.03. The maximum atomic E-state index is 13.8. The van der Waals surface area contributed by atoms with Gasteiger partial charge in [-0.05, 0) is 42.7 Å². The maximum Gasteiger partial charge on any atom is 0.230 e. The van der Waals surface area contributed by atoms with Gasteiger partial charge in [-0.15, -0.1) is 12.4 Å². The molecular weight excluding hydrogens is 455 g/mol. The lowest BCUT2D eigenvalue weighted by molar-refractivity contribution is 0.0559. The van der Waals surface area contributed by atoms with E-state index in [1.807, 2.05) is 30.3 Å². The average Bonchev–Trinajstić information content (AvgIpc) is 3.44. The minimum atomic E-state index is -0.362. The minimum absolute atomic E-state index is 0. The predicted octanol–water partition coefficient (Wildman–Crippen LogP) is 6.10. The van der Waals surface area contributed by atoms with E-state index in [2.05, 4.69) is 35.5 Å². The first-order chi connectivity index (χ1) is 16.1. The van der Waals surface area contributed by atoms with E-state index in [0.717, 1.165) is 33.4 Å². The highest BCUT2D eigenvalue weighted by Gasteiger charge is 2.25. The summed E-state index contributed by atoms with van der Waals surface area (Å²) in [6.07, 6.45) is 3.64.